The van der Waals surface area contributed by atoms with Gasteiger partial charge in [0.05, 0.1) is 28.1 Å². The second kappa shape index (κ2) is 12.3. The molecule has 11 rings (SSSR count). The number of allylic oxidation sites excluding steroid dienone is 1. The Hall–Kier alpha value is -7.10. The predicted octanol–water partition coefficient (Wildman–Crippen LogP) is 13.9. The van der Waals surface area contributed by atoms with E-state index in [4.69, 9.17) is 4.42 Å². The molecule has 2 aromatic heterocycles. The highest BCUT2D eigenvalue weighted by atomic mass is 16.3. The van der Waals surface area contributed by atoms with Crippen molar-refractivity contribution in [2.45, 2.75) is 6.42 Å². The molecule has 0 unspecified atom stereocenters. The number of aromatic nitrogens is 1. The average Bonchev–Trinajstić information content (AvgIpc) is 3.93. The molecule has 254 valence electrons. The number of para-hydroxylation sites is 5. The maximum Gasteiger partial charge on any atom is 0.159 e. The molecule has 0 saturated heterocycles. The molecule has 0 aliphatic heterocycles. The van der Waals surface area contributed by atoms with Gasteiger partial charge in [-0.3, -0.25) is 0 Å². The Morgan fingerprint density at radius 2 is 1.11 bits per heavy atom. The second-order valence-electron chi connectivity index (χ2n) is 14.1. The van der Waals surface area contributed by atoms with Crippen LogP contribution < -0.4 is 4.90 Å². The Bertz CT molecular complexity index is 3060. The molecule has 3 nitrogen and oxygen atoms in total. The maximum atomic E-state index is 7.03. The normalized spacial score (nSPS) is 12.5. The number of rotatable bonds is 6. The number of hydrogen-bond donors (Lipinski definition) is 0. The Balaban J connectivity index is 1.21. The number of benzene rings is 8. The minimum absolute atomic E-state index is 0.866. The summed E-state index contributed by atoms with van der Waals surface area (Å²) < 4.78 is 9.45. The van der Waals surface area contributed by atoms with Crippen LogP contribution in [0.15, 0.2) is 192 Å². The minimum atomic E-state index is 0.866. The predicted molar refractivity (Wildman–Crippen MR) is 226 cm³/mol. The van der Waals surface area contributed by atoms with Gasteiger partial charge in [0, 0.05) is 32.8 Å². The molecule has 0 saturated carbocycles. The lowest BCUT2D eigenvalue weighted by Crippen LogP contribution is -2.13. The van der Waals surface area contributed by atoms with Gasteiger partial charge in [-0.05, 0) is 82.8 Å². The van der Waals surface area contributed by atoms with E-state index in [2.05, 4.69) is 204 Å². The highest BCUT2D eigenvalue weighted by molar-refractivity contribution is 6.17. The van der Waals surface area contributed by atoms with E-state index < -0.39 is 0 Å². The molecule has 1 aliphatic rings. The molecule has 10 aromatic rings. The average molecular weight is 691 g/mol. The standard InChI is InChI=1S/C51H34N2O/c1-4-16-34(17-5-1)36-30-37-32-44-43-25-15-29-48(51(43)54-49(44)33-38(37)31-36)53(45-26-12-10-22-40(45)35-18-6-2-7-19-35)47-28-14-24-42-41-23-11-13-27-46(41)52(50(42)47)39-20-8-3-9-21-39/h1-30,32-33H,31H2. The van der Waals surface area contributed by atoms with Gasteiger partial charge >= 0.3 is 0 Å². The Kier molecular flexibility index (Phi) is 6.93. The van der Waals surface area contributed by atoms with Crippen LogP contribution in [0.2, 0.25) is 0 Å². The minimum Gasteiger partial charge on any atom is -0.454 e. The zero-order valence-corrected chi connectivity index (χ0v) is 29.5. The van der Waals surface area contributed by atoms with E-state index in [1.54, 1.807) is 0 Å². The summed E-state index contributed by atoms with van der Waals surface area (Å²) in [7, 11) is 0. The van der Waals surface area contributed by atoms with Crippen molar-refractivity contribution in [3.05, 3.63) is 205 Å². The van der Waals surface area contributed by atoms with Gasteiger partial charge < -0.3 is 13.9 Å². The van der Waals surface area contributed by atoms with Gasteiger partial charge in [0.2, 0.25) is 0 Å². The zero-order valence-electron chi connectivity index (χ0n) is 29.5. The van der Waals surface area contributed by atoms with Gasteiger partial charge in [0.25, 0.3) is 0 Å². The van der Waals surface area contributed by atoms with Crippen LogP contribution in [0.25, 0.3) is 72.2 Å². The van der Waals surface area contributed by atoms with Crippen molar-refractivity contribution in [2.75, 3.05) is 4.90 Å². The first-order valence-corrected chi connectivity index (χ1v) is 18.6. The highest BCUT2D eigenvalue weighted by Gasteiger charge is 2.27. The molecule has 0 radical (unpaired) electrons. The lowest BCUT2D eigenvalue weighted by molar-refractivity contribution is 0.668. The van der Waals surface area contributed by atoms with Crippen molar-refractivity contribution < 1.29 is 4.42 Å². The molecule has 0 fully saturated rings. The summed E-state index contributed by atoms with van der Waals surface area (Å²) in [6.07, 6.45) is 3.24. The fourth-order valence-electron chi connectivity index (χ4n) is 8.58. The van der Waals surface area contributed by atoms with Crippen molar-refractivity contribution in [2.24, 2.45) is 0 Å². The van der Waals surface area contributed by atoms with E-state index in [1.807, 2.05) is 0 Å². The SMILES string of the molecule is C1=C(c2ccccc2)Cc2cc3oc4c(N(c5ccccc5-c5ccccc5)c5cccc6c7ccccc7n(-c7ccccc7)c56)cccc4c3cc21. The number of anilines is 3. The van der Waals surface area contributed by atoms with Crippen LogP contribution in [0.3, 0.4) is 0 Å². The zero-order chi connectivity index (χ0) is 35.6. The molecular weight excluding hydrogens is 657 g/mol. The van der Waals surface area contributed by atoms with Gasteiger partial charge in [-0.25, -0.2) is 0 Å². The van der Waals surface area contributed by atoms with Gasteiger partial charge in [-0.2, -0.15) is 0 Å². The number of nitrogens with zero attached hydrogens (tertiary/aromatic N) is 2. The lowest BCUT2D eigenvalue weighted by Gasteiger charge is -2.29. The monoisotopic (exact) mass is 690 g/mol. The third kappa shape index (κ3) is 4.76. The first kappa shape index (κ1) is 30.5. The number of furan rings is 1. The summed E-state index contributed by atoms with van der Waals surface area (Å²) >= 11 is 0. The molecule has 0 bridgehead atoms. The molecule has 0 atom stereocenters. The van der Waals surface area contributed by atoms with Crippen LogP contribution in [-0.4, -0.2) is 4.57 Å². The topological polar surface area (TPSA) is 21.3 Å². The fraction of sp³-hybridized carbons (Fsp3) is 0.0196. The Labute approximate surface area is 313 Å². The highest BCUT2D eigenvalue weighted by Crippen LogP contribution is 2.49. The largest absolute Gasteiger partial charge is 0.454 e. The molecule has 0 amide bonds. The lowest BCUT2D eigenvalue weighted by atomic mass is 10.0. The first-order valence-electron chi connectivity index (χ1n) is 18.6. The van der Waals surface area contributed by atoms with E-state index in [1.165, 1.54) is 38.6 Å². The van der Waals surface area contributed by atoms with Gasteiger partial charge in [-0.15, -0.1) is 0 Å². The van der Waals surface area contributed by atoms with Crippen molar-refractivity contribution in [1.82, 2.24) is 4.57 Å². The smallest absolute Gasteiger partial charge is 0.159 e. The summed E-state index contributed by atoms with van der Waals surface area (Å²) in [5.74, 6) is 0. The quantitative estimate of drug-likeness (QED) is 0.173. The third-order valence-corrected chi connectivity index (χ3v) is 11.0. The molecule has 8 aromatic carbocycles. The maximum absolute atomic E-state index is 7.03. The van der Waals surface area contributed by atoms with E-state index in [9.17, 15) is 0 Å². The summed E-state index contributed by atoms with van der Waals surface area (Å²) in [5, 5.41) is 4.64. The van der Waals surface area contributed by atoms with Crippen LogP contribution in [0.5, 0.6) is 0 Å². The number of fused-ring (bicyclic) bond motifs is 7. The third-order valence-electron chi connectivity index (χ3n) is 11.0. The summed E-state index contributed by atoms with van der Waals surface area (Å²) in [6.45, 7) is 0. The van der Waals surface area contributed by atoms with Crippen molar-refractivity contribution in [3.63, 3.8) is 0 Å². The van der Waals surface area contributed by atoms with Gasteiger partial charge in [-0.1, -0.05) is 146 Å². The number of hydrogen-bond acceptors (Lipinski definition) is 2. The molecule has 0 N–H and O–H groups in total. The molecule has 1 aliphatic carbocycles. The molecular formula is C51H34N2O. The molecule has 0 spiro atoms. The van der Waals surface area contributed by atoms with Crippen molar-refractivity contribution in [3.8, 4) is 16.8 Å². The van der Waals surface area contributed by atoms with Crippen molar-refractivity contribution >= 4 is 72.5 Å². The summed E-state index contributed by atoms with van der Waals surface area (Å²) in [4.78, 5) is 2.43. The first-order chi connectivity index (χ1) is 26.8. The molecule has 54 heavy (non-hydrogen) atoms. The molecule has 3 heteroatoms. The van der Waals surface area contributed by atoms with E-state index in [0.717, 1.165) is 67.8 Å². The van der Waals surface area contributed by atoms with Crippen LogP contribution in [0, 0.1) is 0 Å². The Morgan fingerprint density at radius 1 is 0.481 bits per heavy atom. The van der Waals surface area contributed by atoms with Crippen LogP contribution in [0.4, 0.5) is 17.1 Å². The summed E-state index contributed by atoms with van der Waals surface area (Å²) in [5.41, 5.74) is 15.8. The van der Waals surface area contributed by atoms with Crippen LogP contribution in [-0.2, 0) is 6.42 Å². The van der Waals surface area contributed by atoms with Crippen molar-refractivity contribution in [1.29, 1.82) is 0 Å². The van der Waals surface area contributed by atoms with E-state index in [0.29, 0.717) is 0 Å². The fourth-order valence-corrected chi connectivity index (χ4v) is 8.58. The van der Waals surface area contributed by atoms with Gasteiger partial charge in [0.15, 0.2) is 5.58 Å². The Morgan fingerprint density at radius 3 is 1.93 bits per heavy atom. The van der Waals surface area contributed by atoms with Gasteiger partial charge in [0.1, 0.15) is 5.58 Å². The van der Waals surface area contributed by atoms with E-state index in [-0.39, 0.29) is 0 Å². The summed E-state index contributed by atoms with van der Waals surface area (Å²) in [6, 6.07) is 67.4. The van der Waals surface area contributed by atoms with Crippen LogP contribution >= 0.6 is 0 Å². The van der Waals surface area contributed by atoms with E-state index >= 15 is 0 Å². The second-order valence-corrected chi connectivity index (χ2v) is 14.1. The van der Waals surface area contributed by atoms with Crippen LogP contribution in [0.1, 0.15) is 16.7 Å². The molecule has 2 heterocycles.